The van der Waals surface area contributed by atoms with Gasteiger partial charge in [-0.15, -0.1) is 0 Å². The van der Waals surface area contributed by atoms with Crippen molar-refractivity contribution in [3.63, 3.8) is 0 Å². The van der Waals surface area contributed by atoms with E-state index in [4.69, 9.17) is 4.74 Å². The van der Waals surface area contributed by atoms with Crippen LogP contribution >= 0.6 is 0 Å². The number of amides is 1. The number of ether oxygens (including phenoxy) is 1. The van der Waals surface area contributed by atoms with Gasteiger partial charge in [-0.3, -0.25) is 4.79 Å². The first-order valence-electron chi connectivity index (χ1n) is 9.71. The summed E-state index contributed by atoms with van der Waals surface area (Å²) in [6.45, 7) is 8.78. The van der Waals surface area contributed by atoms with E-state index in [1.165, 1.54) is 8.61 Å². The summed E-state index contributed by atoms with van der Waals surface area (Å²) >= 11 is 0. The van der Waals surface area contributed by atoms with Gasteiger partial charge in [0.25, 0.3) is 16.1 Å². The second-order valence-electron chi connectivity index (χ2n) is 6.51. The molecule has 0 aliphatic carbocycles. The first-order chi connectivity index (χ1) is 12.9. The summed E-state index contributed by atoms with van der Waals surface area (Å²) in [4.78, 5) is 14.4. The number of benzene rings is 1. The average Bonchev–Trinajstić information content (AvgIpc) is 2.69. The molecule has 0 aromatic heterocycles. The molecule has 1 aliphatic rings. The number of carbonyl (C=O) groups is 1. The molecule has 1 aromatic carbocycles. The molecule has 0 spiro atoms. The van der Waals surface area contributed by atoms with Gasteiger partial charge in [-0.2, -0.15) is 17.0 Å². The number of unbranched alkanes of at least 4 members (excludes halogenated alkanes) is 1. The molecule has 1 aliphatic heterocycles. The molecule has 7 nitrogen and oxygen atoms in total. The first kappa shape index (κ1) is 21.7. The maximum Gasteiger partial charge on any atom is 0.282 e. The van der Waals surface area contributed by atoms with E-state index in [0.717, 1.165) is 18.6 Å². The summed E-state index contributed by atoms with van der Waals surface area (Å²) in [6, 6.07) is 7.15. The predicted molar refractivity (Wildman–Crippen MR) is 106 cm³/mol. The maximum absolute atomic E-state index is 12.7. The zero-order valence-electron chi connectivity index (χ0n) is 16.6. The summed E-state index contributed by atoms with van der Waals surface area (Å²) in [5.41, 5.74) is 0.595. The van der Waals surface area contributed by atoms with Crippen LogP contribution in [0.15, 0.2) is 24.3 Å². The molecular formula is C19H31N3O4S. The molecule has 0 bridgehead atoms. The first-order valence-corrected chi connectivity index (χ1v) is 11.1. The number of rotatable bonds is 9. The summed E-state index contributed by atoms with van der Waals surface area (Å²) in [6.07, 6.45) is 2.08. The molecule has 27 heavy (non-hydrogen) atoms. The molecule has 1 amide bonds. The lowest BCUT2D eigenvalue weighted by molar-refractivity contribution is 0.0694. The third-order valence-electron chi connectivity index (χ3n) is 4.75. The number of nitrogens with zero attached hydrogens (tertiary/aromatic N) is 3. The van der Waals surface area contributed by atoms with Crippen LogP contribution in [0.25, 0.3) is 0 Å². The third kappa shape index (κ3) is 5.43. The fraction of sp³-hybridized carbons (Fsp3) is 0.632. The Morgan fingerprint density at radius 3 is 2.15 bits per heavy atom. The SMILES string of the molecule is CCCCOc1ccc(C(=O)N2CCN(S(=O)(=O)N(CC)CC)CC2)cc1. The van der Waals surface area contributed by atoms with Gasteiger partial charge in [0, 0.05) is 44.8 Å². The average molecular weight is 398 g/mol. The lowest BCUT2D eigenvalue weighted by atomic mass is 10.2. The molecule has 8 heteroatoms. The summed E-state index contributed by atoms with van der Waals surface area (Å²) < 4.78 is 33.7. The lowest BCUT2D eigenvalue weighted by Crippen LogP contribution is -2.54. The minimum atomic E-state index is -3.44. The number of carbonyl (C=O) groups excluding carboxylic acids is 1. The molecule has 0 N–H and O–H groups in total. The van der Waals surface area contributed by atoms with Crippen molar-refractivity contribution in [2.45, 2.75) is 33.6 Å². The molecule has 2 rings (SSSR count). The van der Waals surface area contributed by atoms with Gasteiger partial charge in [-0.05, 0) is 30.7 Å². The van der Waals surface area contributed by atoms with E-state index in [1.807, 2.05) is 26.0 Å². The fourth-order valence-electron chi connectivity index (χ4n) is 3.05. The maximum atomic E-state index is 12.7. The van der Waals surface area contributed by atoms with Crippen LogP contribution in [0.2, 0.25) is 0 Å². The van der Waals surface area contributed by atoms with Gasteiger partial charge >= 0.3 is 0 Å². The summed E-state index contributed by atoms with van der Waals surface area (Å²) in [7, 11) is -3.44. The van der Waals surface area contributed by atoms with Crippen molar-refractivity contribution in [2.24, 2.45) is 0 Å². The Bertz CT molecular complexity index is 694. The molecule has 152 valence electrons. The lowest BCUT2D eigenvalue weighted by Gasteiger charge is -2.36. The molecule has 1 saturated heterocycles. The van der Waals surface area contributed by atoms with Gasteiger partial charge in [0.1, 0.15) is 5.75 Å². The highest BCUT2D eigenvalue weighted by Gasteiger charge is 2.32. The second kappa shape index (κ2) is 10.1. The van der Waals surface area contributed by atoms with Crippen molar-refractivity contribution in [3.8, 4) is 5.75 Å². The Balaban J connectivity index is 1.93. The van der Waals surface area contributed by atoms with Crippen LogP contribution in [0, 0.1) is 0 Å². The topological polar surface area (TPSA) is 70.2 Å². The normalized spacial score (nSPS) is 15.9. The molecule has 1 aromatic rings. The van der Waals surface area contributed by atoms with Crippen molar-refractivity contribution >= 4 is 16.1 Å². The predicted octanol–water partition coefficient (Wildman–Crippen LogP) is 2.21. The molecule has 0 radical (unpaired) electrons. The van der Waals surface area contributed by atoms with E-state index in [-0.39, 0.29) is 5.91 Å². The van der Waals surface area contributed by atoms with Crippen LogP contribution < -0.4 is 4.74 Å². The van der Waals surface area contributed by atoms with Gasteiger partial charge in [0.2, 0.25) is 0 Å². The van der Waals surface area contributed by atoms with Crippen LogP contribution in [0.5, 0.6) is 5.75 Å². The molecule has 0 saturated carbocycles. The zero-order valence-corrected chi connectivity index (χ0v) is 17.4. The van der Waals surface area contributed by atoms with Gasteiger partial charge in [0.05, 0.1) is 6.61 Å². The number of piperazine rings is 1. The molecule has 0 unspecified atom stereocenters. The van der Waals surface area contributed by atoms with Crippen LogP contribution in [-0.4, -0.2) is 73.7 Å². The Hall–Kier alpha value is -1.64. The Labute approximate surface area is 163 Å². The van der Waals surface area contributed by atoms with Crippen molar-refractivity contribution in [1.82, 2.24) is 13.5 Å². The van der Waals surface area contributed by atoms with E-state index >= 15 is 0 Å². The monoisotopic (exact) mass is 397 g/mol. The van der Waals surface area contributed by atoms with Gasteiger partial charge in [-0.25, -0.2) is 0 Å². The quantitative estimate of drug-likeness (QED) is 0.599. The molecule has 1 heterocycles. The van der Waals surface area contributed by atoms with Crippen LogP contribution in [0.1, 0.15) is 44.0 Å². The van der Waals surface area contributed by atoms with Crippen molar-refractivity contribution in [3.05, 3.63) is 29.8 Å². The molecule has 1 fully saturated rings. The fourth-order valence-corrected chi connectivity index (χ4v) is 4.65. The minimum absolute atomic E-state index is 0.0741. The van der Waals surface area contributed by atoms with Gasteiger partial charge < -0.3 is 9.64 Å². The van der Waals surface area contributed by atoms with Crippen molar-refractivity contribution in [2.75, 3.05) is 45.9 Å². The summed E-state index contributed by atoms with van der Waals surface area (Å²) in [5, 5.41) is 0. The highest BCUT2D eigenvalue weighted by Crippen LogP contribution is 2.17. The Morgan fingerprint density at radius 2 is 1.63 bits per heavy atom. The van der Waals surface area contributed by atoms with Crippen LogP contribution in [-0.2, 0) is 10.2 Å². The summed E-state index contributed by atoms with van der Waals surface area (Å²) in [5.74, 6) is 0.685. The third-order valence-corrected chi connectivity index (χ3v) is 6.94. The van der Waals surface area contributed by atoms with Crippen LogP contribution in [0.4, 0.5) is 0 Å². The van der Waals surface area contributed by atoms with Crippen LogP contribution in [0.3, 0.4) is 0 Å². The second-order valence-corrected chi connectivity index (χ2v) is 8.44. The highest BCUT2D eigenvalue weighted by atomic mass is 32.2. The van der Waals surface area contributed by atoms with Gasteiger partial charge in [-0.1, -0.05) is 27.2 Å². The smallest absolute Gasteiger partial charge is 0.282 e. The van der Waals surface area contributed by atoms with E-state index < -0.39 is 10.2 Å². The number of hydrogen-bond acceptors (Lipinski definition) is 4. The van der Waals surface area contributed by atoms with E-state index in [0.29, 0.717) is 51.4 Å². The van der Waals surface area contributed by atoms with Crippen molar-refractivity contribution < 1.29 is 17.9 Å². The highest BCUT2D eigenvalue weighted by molar-refractivity contribution is 7.86. The van der Waals surface area contributed by atoms with E-state index in [9.17, 15) is 13.2 Å². The molecule has 0 atom stereocenters. The number of hydrogen-bond donors (Lipinski definition) is 0. The zero-order chi connectivity index (χ0) is 19.9. The Kier molecular flexibility index (Phi) is 8.07. The minimum Gasteiger partial charge on any atom is -0.494 e. The largest absolute Gasteiger partial charge is 0.494 e. The van der Waals surface area contributed by atoms with Crippen molar-refractivity contribution in [1.29, 1.82) is 0 Å². The molecular weight excluding hydrogens is 366 g/mol. The van der Waals surface area contributed by atoms with Gasteiger partial charge in [0.15, 0.2) is 0 Å². The Morgan fingerprint density at radius 1 is 1.04 bits per heavy atom. The van der Waals surface area contributed by atoms with E-state index in [1.54, 1.807) is 17.0 Å². The standard InChI is InChI=1S/C19H31N3O4S/c1-4-7-16-26-18-10-8-17(9-11-18)19(23)20-12-14-22(15-13-20)27(24,25)21(5-2)6-3/h8-11H,4-7,12-16H2,1-3H3. The van der Waals surface area contributed by atoms with E-state index in [2.05, 4.69) is 6.92 Å².